The maximum Gasteiger partial charge on any atom is 0.315 e. The Balaban J connectivity index is 1.57. The van der Waals surface area contributed by atoms with Gasteiger partial charge in [-0.05, 0) is 44.4 Å². The summed E-state index contributed by atoms with van der Waals surface area (Å²) in [4.78, 5) is 36.7. The van der Waals surface area contributed by atoms with E-state index in [1.54, 1.807) is 0 Å². The smallest absolute Gasteiger partial charge is 0.315 e. The number of hydrogen-bond donors (Lipinski definition) is 3. The van der Waals surface area contributed by atoms with Crippen molar-refractivity contribution >= 4 is 17.9 Å². The molecule has 1 saturated heterocycles. The topological polar surface area (TPSA) is 98.7 Å². The lowest BCUT2D eigenvalue weighted by Crippen LogP contribution is -2.43. The van der Waals surface area contributed by atoms with Crippen LogP contribution in [-0.2, 0) is 9.59 Å². The number of piperidine rings is 1. The number of urea groups is 1. The lowest BCUT2D eigenvalue weighted by Gasteiger charge is -2.32. The second kappa shape index (κ2) is 11.0. The standard InChI is InChI=1S/C19H33N3O4/c23-17(22-13-5-6-15(14-22)10-11-18(24)25)9-4-12-20-19(26)21-16-7-2-1-3-8-16/h15-16H,1-14H2,(H,24,25)(H2,20,21,26). The van der Waals surface area contributed by atoms with Gasteiger partial charge in [0.05, 0.1) is 0 Å². The molecule has 0 radical (unpaired) electrons. The van der Waals surface area contributed by atoms with Gasteiger partial charge in [0.15, 0.2) is 0 Å². The zero-order valence-corrected chi connectivity index (χ0v) is 15.7. The Hall–Kier alpha value is -1.79. The fourth-order valence-electron chi connectivity index (χ4n) is 3.94. The fourth-order valence-corrected chi connectivity index (χ4v) is 3.94. The monoisotopic (exact) mass is 367 g/mol. The molecule has 0 spiro atoms. The molecule has 2 aliphatic rings. The van der Waals surface area contributed by atoms with E-state index in [4.69, 9.17) is 5.11 Å². The van der Waals surface area contributed by atoms with Crippen LogP contribution in [0.3, 0.4) is 0 Å². The summed E-state index contributed by atoms with van der Waals surface area (Å²) in [5.74, 6) is -0.367. The lowest BCUT2D eigenvalue weighted by atomic mass is 9.93. The molecule has 0 aromatic rings. The van der Waals surface area contributed by atoms with Crippen molar-refractivity contribution in [3.05, 3.63) is 0 Å². The molecule has 1 aliphatic heterocycles. The average Bonchev–Trinajstić information content (AvgIpc) is 2.64. The minimum absolute atomic E-state index is 0.111. The maximum atomic E-state index is 12.3. The number of likely N-dealkylation sites (tertiary alicyclic amines) is 1. The second-order valence-corrected chi connectivity index (χ2v) is 7.62. The molecule has 7 nitrogen and oxygen atoms in total. The summed E-state index contributed by atoms with van der Waals surface area (Å²) in [6, 6.07) is 0.164. The highest BCUT2D eigenvalue weighted by atomic mass is 16.4. The van der Waals surface area contributed by atoms with Gasteiger partial charge < -0.3 is 20.6 Å². The highest BCUT2D eigenvalue weighted by molar-refractivity contribution is 5.76. The van der Waals surface area contributed by atoms with E-state index in [0.29, 0.717) is 44.3 Å². The summed E-state index contributed by atoms with van der Waals surface area (Å²) < 4.78 is 0. The van der Waals surface area contributed by atoms with Gasteiger partial charge in [0, 0.05) is 38.5 Å². The van der Waals surface area contributed by atoms with E-state index in [1.807, 2.05) is 4.90 Å². The van der Waals surface area contributed by atoms with Crippen molar-refractivity contribution in [1.82, 2.24) is 15.5 Å². The first-order chi connectivity index (χ1) is 12.5. The molecule has 0 aromatic heterocycles. The second-order valence-electron chi connectivity index (χ2n) is 7.62. The van der Waals surface area contributed by atoms with E-state index in [9.17, 15) is 14.4 Å². The molecule has 1 heterocycles. The van der Waals surface area contributed by atoms with Gasteiger partial charge in [-0.25, -0.2) is 4.79 Å². The molecule has 148 valence electrons. The van der Waals surface area contributed by atoms with E-state index in [-0.39, 0.29) is 18.4 Å². The van der Waals surface area contributed by atoms with Gasteiger partial charge in [0.2, 0.25) is 5.91 Å². The van der Waals surface area contributed by atoms with Crippen LogP contribution in [0.25, 0.3) is 0 Å². The number of hydrogen-bond acceptors (Lipinski definition) is 3. The number of nitrogens with one attached hydrogen (secondary N) is 2. The van der Waals surface area contributed by atoms with Gasteiger partial charge >= 0.3 is 12.0 Å². The van der Waals surface area contributed by atoms with Crippen molar-refractivity contribution in [2.45, 2.75) is 76.7 Å². The molecule has 7 heteroatoms. The van der Waals surface area contributed by atoms with E-state index in [1.165, 1.54) is 19.3 Å². The van der Waals surface area contributed by atoms with E-state index < -0.39 is 5.97 Å². The SMILES string of the molecule is O=C(O)CCC1CCCN(C(=O)CCCNC(=O)NC2CCCCC2)C1. The Morgan fingerprint density at radius 1 is 1.00 bits per heavy atom. The first-order valence-corrected chi connectivity index (χ1v) is 10.1. The van der Waals surface area contributed by atoms with Crippen LogP contribution in [0.5, 0.6) is 0 Å². The number of nitrogens with zero attached hydrogens (tertiary/aromatic N) is 1. The molecule has 1 saturated carbocycles. The highest BCUT2D eigenvalue weighted by Crippen LogP contribution is 2.21. The van der Waals surface area contributed by atoms with Crippen molar-refractivity contribution in [3.8, 4) is 0 Å². The number of rotatable bonds is 8. The Labute approximate surface area is 155 Å². The molecular formula is C19H33N3O4. The first-order valence-electron chi connectivity index (χ1n) is 10.1. The third-order valence-corrected chi connectivity index (χ3v) is 5.43. The predicted octanol–water partition coefficient (Wildman–Crippen LogP) is 2.50. The summed E-state index contributed by atoms with van der Waals surface area (Å²) in [6.45, 7) is 1.93. The number of carboxylic acid groups (broad SMARTS) is 1. The van der Waals surface area contributed by atoms with E-state index in [2.05, 4.69) is 10.6 Å². The maximum absolute atomic E-state index is 12.3. The summed E-state index contributed by atoms with van der Waals surface area (Å²) in [6.07, 6.45) is 9.56. The van der Waals surface area contributed by atoms with Crippen molar-refractivity contribution in [3.63, 3.8) is 0 Å². The number of carbonyl (C=O) groups excluding carboxylic acids is 2. The van der Waals surface area contributed by atoms with Crippen LogP contribution in [0, 0.1) is 5.92 Å². The first kappa shape index (κ1) is 20.5. The Morgan fingerprint density at radius 3 is 2.50 bits per heavy atom. The fraction of sp³-hybridized carbons (Fsp3) is 0.842. The molecule has 1 atom stereocenters. The lowest BCUT2D eigenvalue weighted by molar-refractivity contribution is -0.137. The largest absolute Gasteiger partial charge is 0.481 e. The van der Waals surface area contributed by atoms with Crippen molar-refractivity contribution < 1.29 is 19.5 Å². The molecule has 3 N–H and O–H groups in total. The van der Waals surface area contributed by atoms with Crippen LogP contribution in [-0.4, -0.2) is 53.6 Å². The summed E-state index contributed by atoms with van der Waals surface area (Å²) in [5.41, 5.74) is 0. The average molecular weight is 367 g/mol. The zero-order chi connectivity index (χ0) is 18.8. The minimum atomic E-state index is -0.772. The summed E-state index contributed by atoms with van der Waals surface area (Å²) in [7, 11) is 0. The van der Waals surface area contributed by atoms with E-state index >= 15 is 0 Å². The minimum Gasteiger partial charge on any atom is -0.481 e. The molecule has 0 bridgehead atoms. The third kappa shape index (κ3) is 7.62. The number of aliphatic carboxylic acids is 1. The number of carboxylic acids is 1. The Bertz CT molecular complexity index is 477. The van der Waals surface area contributed by atoms with Gasteiger partial charge in [0.25, 0.3) is 0 Å². The quantitative estimate of drug-likeness (QED) is 0.574. The van der Waals surface area contributed by atoms with Gasteiger partial charge in [-0.15, -0.1) is 0 Å². The Kier molecular flexibility index (Phi) is 8.71. The van der Waals surface area contributed by atoms with Crippen molar-refractivity contribution in [2.24, 2.45) is 5.92 Å². The molecule has 2 fully saturated rings. The molecular weight excluding hydrogens is 334 g/mol. The third-order valence-electron chi connectivity index (χ3n) is 5.43. The summed E-state index contributed by atoms with van der Waals surface area (Å²) in [5, 5.41) is 14.6. The van der Waals surface area contributed by atoms with Crippen LogP contribution in [0.15, 0.2) is 0 Å². The van der Waals surface area contributed by atoms with Gasteiger partial charge in [-0.1, -0.05) is 19.3 Å². The zero-order valence-electron chi connectivity index (χ0n) is 15.7. The van der Waals surface area contributed by atoms with Crippen LogP contribution < -0.4 is 10.6 Å². The molecule has 26 heavy (non-hydrogen) atoms. The number of amides is 3. The van der Waals surface area contributed by atoms with Gasteiger partial charge in [0.1, 0.15) is 0 Å². The van der Waals surface area contributed by atoms with Gasteiger partial charge in [-0.2, -0.15) is 0 Å². The molecule has 2 rings (SSSR count). The van der Waals surface area contributed by atoms with Crippen molar-refractivity contribution in [2.75, 3.05) is 19.6 Å². The normalized spacial score (nSPS) is 21.2. The molecule has 0 aromatic carbocycles. The Morgan fingerprint density at radius 2 is 1.77 bits per heavy atom. The summed E-state index contributed by atoms with van der Waals surface area (Å²) >= 11 is 0. The molecule has 1 aliphatic carbocycles. The molecule has 3 amide bonds. The van der Waals surface area contributed by atoms with E-state index in [0.717, 1.165) is 32.2 Å². The van der Waals surface area contributed by atoms with Crippen LogP contribution in [0.4, 0.5) is 4.79 Å². The van der Waals surface area contributed by atoms with Crippen LogP contribution >= 0.6 is 0 Å². The van der Waals surface area contributed by atoms with Crippen LogP contribution in [0.1, 0.15) is 70.6 Å². The molecule has 1 unspecified atom stereocenters. The highest BCUT2D eigenvalue weighted by Gasteiger charge is 2.23. The van der Waals surface area contributed by atoms with Crippen molar-refractivity contribution in [1.29, 1.82) is 0 Å². The number of carbonyl (C=O) groups is 3. The van der Waals surface area contributed by atoms with Gasteiger partial charge in [-0.3, -0.25) is 9.59 Å². The van der Waals surface area contributed by atoms with Crippen LogP contribution in [0.2, 0.25) is 0 Å². The predicted molar refractivity (Wildman–Crippen MR) is 98.8 cm³/mol.